The van der Waals surface area contributed by atoms with Crippen molar-refractivity contribution in [3.63, 3.8) is 0 Å². The van der Waals surface area contributed by atoms with Crippen molar-refractivity contribution in [1.29, 1.82) is 0 Å². The topological polar surface area (TPSA) is 66.3 Å². The highest BCUT2D eigenvalue weighted by molar-refractivity contribution is 14.1. The molecule has 1 N–H and O–H groups in total. The van der Waals surface area contributed by atoms with E-state index in [4.69, 9.17) is 0 Å². The maximum Gasteiger partial charge on any atom is 0.393 e. The van der Waals surface area contributed by atoms with Crippen LogP contribution in [0.1, 0.15) is 17.3 Å². The molecule has 10 heteroatoms. The Bertz CT molecular complexity index is 1020. The Labute approximate surface area is 165 Å². The van der Waals surface area contributed by atoms with E-state index in [1.165, 1.54) is 10.7 Å². The third-order valence-electron chi connectivity index (χ3n) is 4.79. The number of fused-ring (bicyclic) bond motifs is 1. The number of nitrogens with zero attached hydrogens (tertiary/aromatic N) is 4. The summed E-state index contributed by atoms with van der Waals surface area (Å²) in [4.78, 5) is 20.5. The van der Waals surface area contributed by atoms with Gasteiger partial charge in [0.15, 0.2) is 9.35 Å². The molecule has 142 valence electrons. The maximum absolute atomic E-state index is 13.7. The van der Waals surface area contributed by atoms with Gasteiger partial charge in [-0.3, -0.25) is 9.69 Å². The van der Waals surface area contributed by atoms with Gasteiger partial charge in [-0.25, -0.2) is 9.50 Å². The molecule has 3 aromatic rings. The standard InChI is InChI=1S/C17H15F3IN5O/c18-17(19,20)12-9-25(7-10-4-2-1-3-5-10)8-11(12)14-23-15(27)13-6-22-16(21)26(13)24-14/h1-6,11-12H,7-9H2,(H,23,24,27). The first-order chi connectivity index (χ1) is 12.8. The number of imidazole rings is 1. The molecule has 0 amide bonds. The largest absolute Gasteiger partial charge is 0.393 e. The van der Waals surface area contributed by atoms with E-state index in [1.54, 1.807) is 4.90 Å². The van der Waals surface area contributed by atoms with E-state index in [1.807, 2.05) is 52.9 Å². The normalized spacial score (nSPS) is 21.2. The highest BCUT2D eigenvalue weighted by atomic mass is 127. The number of alkyl halides is 3. The minimum Gasteiger partial charge on any atom is -0.307 e. The predicted octanol–water partition coefficient (Wildman–Crippen LogP) is 2.80. The molecular formula is C17H15F3IN5O. The minimum absolute atomic E-state index is 0.0429. The Balaban J connectivity index is 1.69. The zero-order valence-corrected chi connectivity index (χ0v) is 16.1. The fraction of sp³-hybridized carbons (Fsp3) is 0.353. The molecule has 0 aliphatic carbocycles. The van der Waals surface area contributed by atoms with E-state index in [2.05, 4.69) is 15.1 Å². The van der Waals surface area contributed by atoms with Gasteiger partial charge in [-0.2, -0.15) is 18.3 Å². The molecule has 0 radical (unpaired) electrons. The Hall–Kier alpha value is -1.95. The molecule has 1 aliphatic heterocycles. The number of aromatic amines is 1. The van der Waals surface area contributed by atoms with Gasteiger partial charge in [0.2, 0.25) is 0 Å². The first-order valence-corrected chi connectivity index (χ1v) is 9.37. The van der Waals surface area contributed by atoms with Gasteiger partial charge in [0.1, 0.15) is 5.82 Å². The summed E-state index contributed by atoms with van der Waals surface area (Å²) in [7, 11) is 0. The van der Waals surface area contributed by atoms with Crippen molar-refractivity contribution >= 4 is 28.1 Å². The van der Waals surface area contributed by atoms with Crippen molar-refractivity contribution in [2.45, 2.75) is 18.6 Å². The fourth-order valence-corrected chi connectivity index (χ4v) is 4.02. The van der Waals surface area contributed by atoms with E-state index >= 15 is 0 Å². The van der Waals surface area contributed by atoms with Crippen LogP contribution in [0.2, 0.25) is 0 Å². The Morgan fingerprint density at radius 1 is 1.22 bits per heavy atom. The lowest BCUT2D eigenvalue weighted by molar-refractivity contribution is -0.174. The summed E-state index contributed by atoms with van der Waals surface area (Å²) < 4.78 is 42.7. The van der Waals surface area contributed by atoms with Gasteiger partial charge in [0, 0.05) is 48.1 Å². The summed E-state index contributed by atoms with van der Waals surface area (Å²) in [5.41, 5.74) is 0.670. The Morgan fingerprint density at radius 3 is 2.67 bits per heavy atom. The predicted molar refractivity (Wildman–Crippen MR) is 100 cm³/mol. The van der Waals surface area contributed by atoms with Crippen LogP contribution in [-0.2, 0) is 6.54 Å². The number of rotatable bonds is 3. The first-order valence-electron chi connectivity index (χ1n) is 8.29. The van der Waals surface area contributed by atoms with Crippen LogP contribution in [0.15, 0.2) is 41.3 Å². The molecule has 3 heterocycles. The van der Waals surface area contributed by atoms with Crippen molar-refractivity contribution in [1.82, 2.24) is 24.5 Å². The number of nitrogens with one attached hydrogen (secondary N) is 1. The van der Waals surface area contributed by atoms with E-state index in [9.17, 15) is 18.0 Å². The van der Waals surface area contributed by atoms with Gasteiger partial charge in [-0.05, 0) is 5.56 Å². The molecule has 4 rings (SSSR count). The fourth-order valence-electron chi connectivity index (χ4n) is 3.52. The molecule has 1 aromatic carbocycles. The number of H-pyrrole nitrogens is 1. The van der Waals surface area contributed by atoms with Crippen LogP contribution in [0.5, 0.6) is 0 Å². The molecule has 2 aromatic heterocycles. The van der Waals surface area contributed by atoms with Crippen molar-refractivity contribution in [2.75, 3.05) is 13.1 Å². The summed E-state index contributed by atoms with van der Waals surface area (Å²) in [5, 5.41) is 4.25. The molecule has 1 saturated heterocycles. The van der Waals surface area contributed by atoms with Crippen molar-refractivity contribution in [3.8, 4) is 0 Å². The lowest BCUT2D eigenvalue weighted by Crippen LogP contribution is -2.31. The highest BCUT2D eigenvalue weighted by Crippen LogP contribution is 2.42. The summed E-state index contributed by atoms with van der Waals surface area (Å²) in [6, 6.07) is 9.35. The second-order valence-corrected chi connectivity index (χ2v) is 7.56. The van der Waals surface area contributed by atoms with E-state index in [0.29, 0.717) is 10.4 Å². The van der Waals surface area contributed by atoms with Crippen LogP contribution in [0, 0.1) is 9.75 Å². The van der Waals surface area contributed by atoms with Gasteiger partial charge in [0.05, 0.1) is 12.1 Å². The maximum atomic E-state index is 13.7. The second kappa shape index (κ2) is 6.89. The second-order valence-electron chi connectivity index (χ2n) is 6.60. The molecule has 27 heavy (non-hydrogen) atoms. The third-order valence-corrected chi connectivity index (χ3v) is 5.53. The number of hydrogen-bond acceptors (Lipinski definition) is 4. The average molecular weight is 489 g/mol. The molecule has 0 saturated carbocycles. The molecule has 0 bridgehead atoms. The zero-order valence-electron chi connectivity index (χ0n) is 13.9. The Morgan fingerprint density at radius 2 is 1.96 bits per heavy atom. The molecule has 2 unspecified atom stereocenters. The van der Waals surface area contributed by atoms with E-state index < -0.39 is 23.6 Å². The lowest BCUT2D eigenvalue weighted by Gasteiger charge is -2.20. The lowest BCUT2D eigenvalue weighted by atomic mass is 9.95. The molecule has 6 nitrogen and oxygen atoms in total. The summed E-state index contributed by atoms with van der Waals surface area (Å²) in [5.74, 6) is -2.49. The van der Waals surface area contributed by atoms with Crippen LogP contribution in [0.3, 0.4) is 0 Å². The van der Waals surface area contributed by atoms with Gasteiger partial charge in [0.25, 0.3) is 5.56 Å². The SMILES string of the molecule is O=c1[nH]c(C2CN(Cc3ccccc3)CC2C(F)(F)F)nn2c(I)ncc12. The smallest absolute Gasteiger partial charge is 0.307 e. The molecule has 1 aliphatic rings. The zero-order chi connectivity index (χ0) is 19.2. The quantitative estimate of drug-likeness (QED) is 0.575. The van der Waals surface area contributed by atoms with Crippen molar-refractivity contribution in [2.24, 2.45) is 5.92 Å². The third kappa shape index (κ3) is 3.59. The molecular weight excluding hydrogens is 474 g/mol. The molecule has 1 fully saturated rings. The van der Waals surface area contributed by atoms with Crippen molar-refractivity contribution < 1.29 is 13.2 Å². The minimum atomic E-state index is -4.38. The number of benzene rings is 1. The van der Waals surface area contributed by atoms with Gasteiger partial charge in [-0.1, -0.05) is 30.3 Å². The molecule has 2 atom stereocenters. The van der Waals surface area contributed by atoms with Gasteiger partial charge < -0.3 is 4.98 Å². The first kappa shape index (κ1) is 18.4. The Kier molecular flexibility index (Phi) is 4.70. The van der Waals surface area contributed by atoms with Crippen LogP contribution < -0.4 is 5.56 Å². The number of hydrogen-bond donors (Lipinski definition) is 1. The molecule has 0 spiro atoms. The van der Waals surface area contributed by atoms with E-state index in [-0.39, 0.29) is 24.4 Å². The van der Waals surface area contributed by atoms with Gasteiger partial charge in [-0.15, -0.1) is 0 Å². The summed E-state index contributed by atoms with van der Waals surface area (Å²) in [6.45, 7) is 0.448. The summed E-state index contributed by atoms with van der Waals surface area (Å²) in [6.07, 6.45) is -3.03. The van der Waals surface area contributed by atoms with Crippen molar-refractivity contribution in [3.05, 3.63) is 62.1 Å². The number of likely N-dealkylation sites (tertiary alicyclic amines) is 1. The van der Waals surface area contributed by atoms with Crippen LogP contribution >= 0.6 is 22.6 Å². The number of halogens is 4. The van der Waals surface area contributed by atoms with Crippen LogP contribution in [-0.4, -0.2) is 43.7 Å². The van der Waals surface area contributed by atoms with Gasteiger partial charge >= 0.3 is 6.18 Å². The van der Waals surface area contributed by atoms with E-state index in [0.717, 1.165) is 5.56 Å². The van der Waals surface area contributed by atoms with Crippen LogP contribution in [0.25, 0.3) is 5.52 Å². The highest BCUT2D eigenvalue weighted by Gasteiger charge is 2.51. The van der Waals surface area contributed by atoms with Crippen LogP contribution in [0.4, 0.5) is 13.2 Å². The summed E-state index contributed by atoms with van der Waals surface area (Å²) >= 11 is 1.89. The average Bonchev–Trinajstić information content (AvgIpc) is 3.20. The number of aromatic nitrogens is 4. The monoisotopic (exact) mass is 489 g/mol.